The van der Waals surface area contributed by atoms with E-state index in [1.165, 1.54) is 0 Å². The highest BCUT2D eigenvalue weighted by Gasteiger charge is 2.08. The smallest absolute Gasteiger partial charge is 0.237 e. The van der Waals surface area contributed by atoms with Crippen LogP contribution in [0.2, 0.25) is 19.6 Å². The summed E-state index contributed by atoms with van der Waals surface area (Å²) in [5.41, 5.74) is 0. The molecule has 0 spiro atoms. The molecule has 0 atom stereocenters. The molecule has 0 nitrogen and oxygen atoms in total. The molecule has 0 aromatic heterocycles. The summed E-state index contributed by atoms with van der Waals surface area (Å²) in [5.74, 6) is 0. The van der Waals surface area contributed by atoms with E-state index in [0.29, 0.717) is 0 Å². The Morgan fingerprint density at radius 3 is 1.00 bits per heavy atom. The van der Waals surface area contributed by atoms with Crippen LogP contribution in [0, 0.1) is 0 Å². The summed E-state index contributed by atoms with van der Waals surface area (Å²) >= 11 is 0. The topological polar surface area (TPSA) is 0 Å². The van der Waals surface area contributed by atoms with Crippen molar-refractivity contribution >= 4 is 16.8 Å². The Morgan fingerprint density at radius 1 is 1.00 bits per heavy atom. The molecule has 0 saturated heterocycles. The minimum atomic E-state index is -2.11. The minimum absolute atomic E-state index is 0. The molecule has 3 radical (unpaired) electrons. The van der Waals surface area contributed by atoms with E-state index in [-0.39, 0.29) is 23.3 Å². The molecular formula is C5H17BFSi. The molecule has 8 heavy (non-hydrogen) atoms. The summed E-state index contributed by atoms with van der Waals surface area (Å²) < 4.78 is 11.8. The lowest BCUT2D eigenvalue weighted by atomic mass is 10.8. The summed E-state index contributed by atoms with van der Waals surface area (Å²) in [6, 6.07) is 0. The fourth-order valence-corrected chi connectivity index (χ4v) is 0. The maximum atomic E-state index is 11.8. The molecule has 0 bridgehead atoms. The highest BCUT2D eigenvalue weighted by Crippen LogP contribution is 1.97. The Kier molecular flexibility index (Phi) is 21.7. The third-order valence-corrected chi connectivity index (χ3v) is 0. The summed E-state index contributed by atoms with van der Waals surface area (Å²) in [4.78, 5) is 0. The first kappa shape index (κ1) is 24.1. The number of hydrogen-bond donors (Lipinski definition) is 0. The second-order valence-corrected chi connectivity index (χ2v) is 6.20. The SMILES string of the molecule is C.C.C[Si](C)(C)F.[B]. The Morgan fingerprint density at radius 2 is 1.00 bits per heavy atom. The maximum Gasteiger partial charge on any atom is 0.237 e. The molecule has 3 heteroatoms. The fourth-order valence-electron chi connectivity index (χ4n) is 0. The van der Waals surface area contributed by atoms with Crippen LogP contribution in [0.25, 0.3) is 0 Å². The van der Waals surface area contributed by atoms with Crippen LogP contribution in [-0.2, 0) is 0 Å². The van der Waals surface area contributed by atoms with Gasteiger partial charge in [-0.3, -0.25) is 0 Å². The third-order valence-electron chi connectivity index (χ3n) is 0. The highest BCUT2D eigenvalue weighted by atomic mass is 28.4. The van der Waals surface area contributed by atoms with Crippen molar-refractivity contribution in [2.24, 2.45) is 0 Å². The molecule has 0 rings (SSSR count). The molecule has 0 aliphatic heterocycles. The first-order valence-corrected chi connectivity index (χ1v) is 5.07. The van der Waals surface area contributed by atoms with Gasteiger partial charge in [0.2, 0.25) is 8.41 Å². The van der Waals surface area contributed by atoms with Gasteiger partial charge in [0.25, 0.3) is 0 Å². The van der Waals surface area contributed by atoms with Gasteiger partial charge in [-0.25, -0.2) is 0 Å². The third kappa shape index (κ3) is 3760. The first-order chi connectivity index (χ1) is 2.00. The van der Waals surface area contributed by atoms with E-state index in [9.17, 15) is 4.11 Å². The predicted molar refractivity (Wildman–Crippen MR) is 43.7 cm³/mol. The van der Waals surface area contributed by atoms with E-state index in [4.69, 9.17) is 0 Å². The molecule has 0 aromatic carbocycles. The summed E-state index contributed by atoms with van der Waals surface area (Å²) in [7, 11) is -2.11. The van der Waals surface area contributed by atoms with E-state index in [1.54, 1.807) is 19.6 Å². The Balaban J connectivity index is -0.0000000267. The second kappa shape index (κ2) is 7.21. The molecule has 0 aromatic rings. The van der Waals surface area contributed by atoms with Crippen LogP contribution in [0.3, 0.4) is 0 Å². The Hall–Kier alpha value is 0.212. The van der Waals surface area contributed by atoms with Crippen molar-refractivity contribution in [2.45, 2.75) is 34.5 Å². The van der Waals surface area contributed by atoms with Crippen molar-refractivity contribution in [3.05, 3.63) is 0 Å². The summed E-state index contributed by atoms with van der Waals surface area (Å²) in [6.07, 6.45) is 0. The van der Waals surface area contributed by atoms with Gasteiger partial charge >= 0.3 is 0 Å². The maximum absolute atomic E-state index is 11.8. The zero-order valence-electron chi connectivity index (χ0n) is 4.46. The van der Waals surface area contributed by atoms with Crippen molar-refractivity contribution in [1.29, 1.82) is 0 Å². The Labute approximate surface area is 56.3 Å². The lowest BCUT2D eigenvalue weighted by molar-refractivity contribution is 0.811. The fraction of sp³-hybridized carbons (Fsp3) is 1.00. The summed E-state index contributed by atoms with van der Waals surface area (Å²) in [5, 5.41) is 0. The largest absolute Gasteiger partial charge is 0.315 e. The highest BCUT2D eigenvalue weighted by molar-refractivity contribution is 6.69. The normalized spacial score (nSPS) is 7.50. The van der Waals surface area contributed by atoms with E-state index in [2.05, 4.69) is 0 Å². The molecule has 0 heterocycles. The Bertz CT molecular complexity index is 27.9. The van der Waals surface area contributed by atoms with Crippen molar-refractivity contribution in [1.82, 2.24) is 0 Å². The zero-order valence-corrected chi connectivity index (χ0v) is 5.46. The number of hydrogen-bond acceptors (Lipinski definition) is 0. The molecule has 0 N–H and O–H groups in total. The van der Waals surface area contributed by atoms with E-state index >= 15 is 0 Å². The second-order valence-electron chi connectivity index (χ2n) is 2.07. The average Bonchev–Trinajstić information content (AvgIpc) is 0.722. The van der Waals surface area contributed by atoms with Crippen LogP contribution in [-0.4, -0.2) is 16.8 Å². The minimum Gasteiger partial charge on any atom is -0.315 e. The van der Waals surface area contributed by atoms with Crippen molar-refractivity contribution in [3.8, 4) is 0 Å². The number of rotatable bonds is 0. The lowest BCUT2D eigenvalue weighted by Gasteiger charge is -1.95. The van der Waals surface area contributed by atoms with Crippen LogP contribution in [0.1, 0.15) is 14.9 Å². The van der Waals surface area contributed by atoms with Crippen molar-refractivity contribution < 1.29 is 4.11 Å². The molecule has 0 aliphatic rings. The van der Waals surface area contributed by atoms with Gasteiger partial charge in [-0.1, -0.05) is 14.9 Å². The first-order valence-electron chi connectivity index (χ1n) is 1.69. The van der Waals surface area contributed by atoms with Gasteiger partial charge < -0.3 is 4.11 Å². The van der Waals surface area contributed by atoms with Crippen LogP contribution < -0.4 is 0 Å². The average molecular weight is 135 g/mol. The lowest BCUT2D eigenvalue weighted by Crippen LogP contribution is -2.08. The molecule has 51 valence electrons. The van der Waals surface area contributed by atoms with Crippen LogP contribution >= 0.6 is 0 Å². The molecule has 0 unspecified atom stereocenters. The monoisotopic (exact) mass is 135 g/mol. The number of halogens is 1. The molecule has 0 saturated carbocycles. The molecular weight excluding hydrogens is 118 g/mol. The van der Waals surface area contributed by atoms with Gasteiger partial charge in [0, 0.05) is 8.41 Å². The van der Waals surface area contributed by atoms with E-state index in [1.807, 2.05) is 0 Å². The standard InChI is InChI=1S/C3H9FSi.2CH4.B/c1-5(2,3)4;;;/h1-3H3;2*1H4;. The van der Waals surface area contributed by atoms with Gasteiger partial charge in [-0.05, 0) is 19.6 Å². The van der Waals surface area contributed by atoms with Gasteiger partial charge in [-0.15, -0.1) is 0 Å². The molecule has 0 amide bonds. The quantitative estimate of drug-likeness (QED) is 0.354. The van der Waals surface area contributed by atoms with Gasteiger partial charge in [0.15, 0.2) is 0 Å². The zero-order chi connectivity index (χ0) is 4.50. The molecule has 0 aliphatic carbocycles. The van der Waals surface area contributed by atoms with E-state index < -0.39 is 8.41 Å². The van der Waals surface area contributed by atoms with Gasteiger partial charge in [0.05, 0.1) is 0 Å². The van der Waals surface area contributed by atoms with Crippen LogP contribution in [0.4, 0.5) is 4.11 Å². The van der Waals surface area contributed by atoms with E-state index in [0.717, 1.165) is 0 Å². The van der Waals surface area contributed by atoms with Crippen LogP contribution in [0.15, 0.2) is 0 Å². The predicted octanol–water partition coefficient (Wildman–Crippen LogP) is 2.68. The van der Waals surface area contributed by atoms with Gasteiger partial charge in [0.1, 0.15) is 0 Å². The van der Waals surface area contributed by atoms with Crippen LogP contribution in [0.5, 0.6) is 0 Å². The van der Waals surface area contributed by atoms with Crippen molar-refractivity contribution in [2.75, 3.05) is 0 Å². The molecule has 0 fully saturated rings. The summed E-state index contributed by atoms with van der Waals surface area (Å²) in [6.45, 7) is 4.98. The van der Waals surface area contributed by atoms with Gasteiger partial charge in [-0.2, -0.15) is 0 Å². The van der Waals surface area contributed by atoms with Crippen molar-refractivity contribution in [3.63, 3.8) is 0 Å².